The Morgan fingerprint density at radius 2 is 1.91 bits per heavy atom. The third-order valence-corrected chi connectivity index (χ3v) is 3.37. The van der Waals surface area contributed by atoms with E-state index in [1.54, 1.807) is 17.5 Å². The summed E-state index contributed by atoms with van der Waals surface area (Å²) in [5, 5.41) is 11.2. The van der Waals surface area contributed by atoms with Crippen molar-refractivity contribution < 1.29 is 66.0 Å². The molecule has 0 radical (unpaired) electrons. The molecule has 3 aromatic rings. The number of fused-ring (bicyclic) bond motifs is 1. The first-order valence-electron chi connectivity index (χ1n) is 6.65. The number of aromatic nitrogens is 1. The molecule has 2 heterocycles. The van der Waals surface area contributed by atoms with Gasteiger partial charge in [-0.2, -0.15) is 0 Å². The van der Waals surface area contributed by atoms with Gasteiger partial charge in [-0.3, -0.25) is 0 Å². The van der Waals surface area contributed by atoms with Crippen LogP contribution in [0.2, 0.25) is 0 Å². The van der Waals surface area contributed by atoms with Gasteiger partial charge in [-0.25, -0.2) is 0 Å². The monoisotopic (exact) mass is 319 g/mol. The number of rotatable bonds is 4. The zero-order valence-electron chi connectivity index (χ0n) is 12.6. The first kappa shape index (κ1) is 17.2. The van der Waals surface area contributed by atoms with E-state index in [0.29, 0.717) is 17.9 Å². The van der Waals surface area contributed by atoms with Crippen molar-refractivity contribution in [2.45, 2.75) is 13.5 Å². The Kier molecular flexibility index (Phi) is 5.83. The predicted octanol–water partition coefficient (Wildman–Crippen LogP) is -0.806. The zero-order chi connectivity index (χ0) is 14.8. The number of benzene rings is 1. The maximum Gasteiger partial charge on any atom is 1.00 e. The number of carboxylic acids is 1. The topological polar surface area (TPSA) is 53.8 Å². The van der Waals surface area contributed by atoms with Crippen LogP contribution in [0, 0.1) is 6.92 Å². The molecule has 0 N–H and O–H groups in total. The van der Waals surface area contributed by atoms with E-state index in [0.717, 1.165) is 11.1 Å². The van der Waals surface area contributed by atoms with Crippen molar-refractivity contribution in [1.29, 1.82) is 0 Å². The molecule has 0 saturated carbocycles. The van der Waals surface area contributed by atoms with E-state index in [2.05, 4.69) is 0 Å². The number of hydrogen-bond acceptors (Lipinski definition) is 3. The SMILES string of the molecule is Cc1cc2ccc(OCc3ccccc3)cn2c1C(=O)[O-].[K+]. The van der Waals surface area contributed by atoms with E-state index >= 15 is 0 Å². The van der Waals surface area contributed by atoms with Crippen molar-refractivity contribution in [3.8, 4) is 5.75 Å². The molecule has 5 heteroatoms. The van der Waals surface area contributed by atoms with Gasteiger partial charge in [0.15, 0.2) is 0 Å². The van der Waals surface area contributed by atoms with Crippen LogP contribution in [0.5, 0.6) is 5.75 Å². The molecule has 0 spiro atoms. The molecule has 0 saturated heterocycles. The van der Waals surface area contributed by atoms with Gasteiger partial charge in [0.05, 0.1) is 17.9 Å². The van der Waals surface area contributed by atoms with Crippen molar-refractivity contribution in [3.05, 3.63) is 71.5 Å². The van der Waals surface area contributed by atoms with Gasteiger partial charge in [0.1, 0.15) is 12.4 Å². The molecule has 2 aromatic heterocycles. The third-order valence-electron chi connectivity index (χ3n) is 3.37. The van der Waals surface area contributed by atoms with E-state index in [1.807, 2.05) is 48.5 Å². The molecule has 3 rings (SSSR count). The average molecular weight is 319 g/mol. The summed E-state index contributed by atoms with van der Waals surface area (Å²) in [6.07, 6.45) is 1.68. The molecule has 0 aliphatic rings. The van der Waals surface area contributed by atoms with Gasteiger partial charge in [-0.1, -0.05) is 30.3 Å². The van der Waals surface area contributed by atoms with Crippen LogP contribution in [-0.2, 0) is 6.61 Å². The Balaban J connectivity index is 0.00000176. The standard InChI is InChI=1S/C17H15NO3.K/c1-12-9-14-7-8-15(10-18(14)16(12)17(19)20)21-11-13-5-3-2-4-6-13;/h2-10H,11H2,1H3,(H,19,20);/q;+1/p-1. The Hall–Kier alpha value is -1.11. The first-order valence-corrected chi connectivity index (χ1v) is 6.65. The van der Waals surface area contributed by atoms with Gasteiger partial charge >= 0.3 is 51.4 Å². The van der Waals surface area contributed by atoms with E-state index in [1.165, 1.54) is 0 Å². The van der Waals surface area contributed by atoms with Crippen molar-refractivity contribution in [2.24, 2.45) is 0 Å². The predicted molar refractivity (Wildman–Crippen MR) is 77.2 cm³/mol. The Bertz CT molecular complexity index is 796. The summed E-state index contributed by atoms with van der Waals surface area (Å²) in [4.78, 5) is 11.2. The van der Waals surface area contributed by atoms with Crippen molar-refractivity contribution >= 4 is 11.5 Å². The van der Waals surface area contributed by atoms with Gasteiger partial charge in [-0.15, -0.1) is 0 Å². The maximum atomic E-state index is 11.2. The van der Waals surface area contributed by atoms with Gasteiger partial charge in [0, 0.05) is 5.52 Å². The summed E-state index contributed by atoms with van der Waals surface area (Å²) in [6, 6.07) is 15.3. The van der Waals surface area contributed by atoms with Gasteiger partial charge in [0.2, 0.25) is 0 Å². The molecule has 0 fully saturated rings. The number of aromatic carboxylic acids is 1. The Morgan fingerprint density at radius 1 is 1.18 bits per heavy atom. The molecule has 106 valence electrons. The second-order valence-corrected chi connectivity index (χ2v) is 4.90. The molecule has 0 bridgehead atoms. The minimum Gasteiger partial charge on any atom is -0.543 e. The number of carbonyl (C=O) groups excluding carboxylic acids is 1. The summed E-state index contributed by atoms with van der Waals surface area (Å²) in [7, 11) is 0. The van der Waals surface area contributed by atoms with Crippen LogP contribution in [0.3, 0.4) is 0 Å². The fourth-order valence-corrected chi connectivity index (χ4v) is 2.37. The second-order valence-electron chi connectivity index (χ2n) is 4.90. The van der Waals surface area contributed by atoms with Crippen LogP contribution in [-0.4, -0.2) is 10.4 Å². The maximum absolute atomic E-state index is 11.2. The smallest absolute Gasteiger partial charge is 0.543 e. The fraction of sp³-hybridized carbons (Fsp3) is 0.118. The molecule has 0 aliphatic heterocycles. The van der Waals surface area contributed by atoms with Gasteiger partial charge in [-0.05, 0) is 36.2 Å². The van der Waals surface area contributed by atoms with Crippen molar-refractivity contribution in [2.75, 3.05) is 0 Å². The number of aryl methyl sites for hydroxylation is 1. The molecule has 0 unspecified atom stereocenters. The van der Waals surface area contributed by atoms with Crippen LogP contribution in [0.15, 0.2) is 54.7 Å². The van der Waals surface area contributed by atoms with Crippen molar-refractivity contribution in [3.63, 3.8) is 0 Å². The number of hydrogen-bond donors (Lipinski definition) is 0. The first-order chi connectivity index (χ1) is 10.1. The summed E-state index contributed by atoms with van der Waals surface area (Å²) in [5.41, 5.74) is 2.70. The van der Waals surface area contributed by atoms with E-state index in [9.17, 15) is 9.90 Å². The number of pyridine rings is 1. The molecular formula is C17H14KNO3. The van der Waals surface area contributed by atoms with Crippen LogP contribution < -0.4 is 61.2 Å². The minimum absolute atomic E-state index is 0. The van der Waals surface area contributed by atoms with Crippen molar-refractivity contribution in [1.82, 2.24) is 4.40 Å². The molecule has 0 aliphatic carbocycles. The van der Waals surface area contributed by atoms with Crippen LogP contribution >= 0.6 is 0 Å². The zero-order valence-corrected chi connectivity index (χ0v) is 15.7. The summed E-state index contributed by atoms with van der Waals surface area (Å²) >= 11 is 0. The summed E-state index contributed by atoms with van der Waals surface area (Å²) in [6.45, 7) is 2.19. The molecule has 0 amide bonds. The quantitative estimate of drug-likeness (QED) is 0.591. The number of carboxylic acid groups (broad SMARTS) is 1. The number of nitrogens with zero attached hydrogens (tertiary/aromatic N) is 1. The number of carbonyl (C=O) groups is 1. The number of ether oxygens (including phenoxy) is 1. The summed E-state index contributed by atoms with van der Waals surface area (Å²) in [5.74, 6) is -0.572. The van der Waals surface area contributed by atoms with Gasteiger partial charge in [0.25, 0.3) is 0 Å². The second kappa shape index (κ2) is 7.44. The van der Waals surface area contributed by atoms with E-state index in [-0.39, 0.29) is 57.1 Å². The van der Waals surface area contributed by atoms with Crippen LogP contribution in [0.1, 0.15) is 21.6 Å². The minimum atomic E-state index is -1.19. The van der Waals surface area contributed by atoms with E-state index in [4.69, 9.17) is 4.74 Å². The molecule has 1 aromatic carbocycles. The summed E-state index contributed by atoms with van der Waals surface area (Å²) < 4.78 is 7.30. The third kappa shape index (κ3) is 3.61. The fourth-order valence-electron chi connectivity index (χ4n) is 2.37. The molecule has 22 heavy (non-hydrogen) atoms. The average Bonchev–Trinajstić information content (AvgIpc) is 2.81. The van der Waals surface area contributed by atoms with E-state index < -0.39 is 5.97 Å². The Morgan fingerprint density at radius 3 is 2.59 bits per heavy atom. The Labute approximate surface area is 171 Å². The molecular weight excluding hydrogens is 305 g/mol. The van der Waals surface area contributed by atoms with Crippen LogP contribution in [0.4, 0.5) is 0 Å². The van der Waals surface area contributed by atoms with Crippen LogP contribution in [0.25, 0.3) is 5.52 Å². The normalized spacial score (nSPS) is 10.2. The molecule has 4 nitrogen and oxygen atoms in total. The largest absolute Gasteiger partial charge is 1.00 e. The molecule has 0 atom stereocenters. The van der Waals surface area contributed by atoms with Gasteiger partial charge < -0.3 is 19.0 Å².